The van der Waals surface area contributed by atoms with Gasteiger partial charge in [-0.2, -0.15) is 0 Å². The van der Waals surface area contributed by atoms with E-state index in [1.54, 1.807) is 12.3 Å². The molecular formula is C12H15BrN2O2. The predicted molar refractivity (Wildman–Crippen MR) is 69.3 cm³/mol. The van der Waals surface area contributed by atoms with Gasteiger partial charge >= 0.3 is 5.97 Å². The van der Waals surface area contributed by atoms with E-state index in [2.05, 4.69) is 33.2 Å². The van der Waals surface area contributed by atoms with E-state index >= 15 is 0 Å². The standard InChI is InChI=1S/C12H15BrN2O2/c1-2-3-7-4-10(7)15-11-9(12(16)17)5-8(13)6-14-11/h5-7,10H,2-4H2,1H3,(H,14,15)(H,16,17). The second-order valence-corrected chi connectivity index (χ2v) is 5.31. The number of pyridine rings is 1. The van der Waals surface area contributed by atoms with Crippen LogP contribution in [-0.2, 0) is 0 Å². The number of aromatic carboxylic acids is 1. The van der Waals surface area contributed by atoms with Gasteiger partial charge in [0.05, 0.1) is 0 Å². The van der Waals surface area contributed by atoms with Gasteiger partial charge in [-0.25, -0.2) is 9.78 Å². The normalized spacial score (nSPS) is 22.2. The van der Waals surface area contributed by atoms with E-state index in [9.17, 15) is 4.79 Å². The summed E-state index contributed by atoms with van der Waals surface area (Å²) in [6.07, 6.45) is 5.09. The second kappa shape index (κ2) is 5.04. The van der Waals surface area contributed by atoms with Crippen molar-refractivity contribution in [3.63, 3.8) is 0 Å². The third kappa shape index (κ3) is 2.97. The van der Waals surface area contributed by atoms with E-state index in [-0.39, 0.29) is 5.56 Å². The molecular weight excluding hydrogens is 284 g/mol. The number of hydrogen-bond donors (Lipinski definition) is 2. The van der Waals surface area contributed by atoms with Crippen LogP contribution in [0.4, 0.5) is 5.82 Å². The summed E-state index contributed by atoms with van der Waals surface area (Å²) in [6, 6.07) is 1.97. The van der Waals surface area contributed by atoms with Crippen LogP contribution in [0, 0.1) is 5.92 Å². The van der Waals surface area contributed by atoms with Crippen LogP contribution in [-0.4, -0.2) is 22.1 Å². The lowest BCUT2D eigenvalue weighted by atomic mass is 10.2. The fourth-order valence-corrected chi connectivity index (χ4v) is 2.34. The van der Waals surface area contributed by atoms with E-state index in [4.69, 9.17) is 5.11 Å². The molecule has 0 saturated heterocycles. The number of anilines is 1. The number of hydrogen-bond acceptors (Lipinski definition) is 3. The minimum Gasteiger partial charge on any atom is -0.478 e. The van der Waals surface area contributed by atoms with Crippen LogP contribution >= 0.6 is 15.9 Å². The van der Waals surface area contributed by atoms with Crippen LogP contribution in [0.5, 0.6) is 0 Å². The third-order valence-corrected chi connectivity index (χ3v) is 3.42. The highest BCUT2D eigenvalue weighted by molar-refractivity contribution is 9.10. The first-order valence-electron chi connectivity index (χ1n) is 5.77. The largest absolute Gasteiger partial charge is 0.478 e. The zero-order valence-electron chi connectivity index (χ0n) is 9.61. The minimum atomic E-state index is -0.950. The molecule has 1 aromatic heterocycles. The first kappa shape index (κ1) is 12.4. The summed E-state index contributed by atoms with van der Waals surface area (Å²) < 4.78 is 0.682. The zero-order chi connectivity index (χ0) is 12.4. The molecule has 4 nitrogen and oxygen atoms in total. The Bertz CT molecular complexity index is 437. The van der Waals surface area contributed by atoms with Crippen molar-refractivity contribution in [3.05, 3.63) is 22.3 Å². The van der Waals surface area contributed by atoms with Gasteiger partial charge in [-0.05, 0) is 40.8 Å². The van der Waals surface area contributed by atoms with Crippen molar-refractivity contribution < 1.29 is 9.90 Å². The lowest BCUT2D eigenvalue weighted by molar-refractivity contribution is 0.0697. The summed E-state index contributed by atoms with van der Waals surface area (Å²) in [6.45, 7) is 2.16. The molecule has 1 saturated carbocycles. The van der Waals surface area contributed by atoms with Gasteiger partial charge in [0.1, 0.15) is 11.4 Å². The highest BCUT2D eigenvalue weighted by atomic mass is 79.9. The Labute approximate surface area is 109 Å². The van der Waals surface area contributed by atoms with Gasteiger partial charge in [-0.15, -0.1) is 0 Å². The Balaban J connectivity index is 2.08. The molecule has 2 N–H and O–H groups in total. The number of carboxylic acids is 1. The molecule has 0 aromatic carbocycles. The highest BCUT2D eigenvalue weighted by Crippen LogP contribution is 2.37. The highest BCUT2D eigenvalue weighted by Gasteiger charge is 2.36. The smallest absolute Gasteiger partial charge is 0.339 e. The van der Waals surface area contributed by atoms with E-state index in [1.807, 2.05) is 0 Å². The van der Waals surface area contributed by atoms with Crippen molar-refractivity contribution in [2.75, 3.05) is 5.32 Å². The average molecular weight is 299 g/mol. The fraction of sp³-hybridized carbons (Fsp3) is 0.500. The molecule has 92 valence electrons. The van der Waals surface area contributed by atoms with E-state index in [0.717, 1.165) is 6.42 Å². The van der Waals surface area contributed by atoms with Gasteiger partial charge in [-0.3, -0.25) is 0 Å². The topological polar surface area (TPSA) is 62.2 Å². The molecule has 17 heavy (non-hydrogen) atoms. The molecule has 1 heterocycles. The van der Waals surface area contributed by atoms with Crippen molar-refractivity contribution in [1.29, 1.82) is 0 Å². The maximum Gasteiger partial charge on any atom is 0.339 e. The molecule has 0 aliphatic heterocycles. The molecule has 1 aliphatic carbocycles. The van der Waals surface area contributed by atoms with Crippen LogP contribution in [0.25, 0.3) is 0 Å². The molecule has 2 rings (SSSR count). The lowest BCUT2D eigenvalue weighted by Crippen LogP contribution is -2.11. The summed E-state index contributed by atoms with van der Waals surface area (Å²) in [5, 5.41) is 12.3. The SMILES string of the molecule is CCCC1CC1Nc1ncc(Br)cc1C(=O)O. The monoisotopic (exact) mass is 298 g/mol. The van der Waals surface area contributed by atoms with Crippen molar-refractivity contribution in [2.45, 2.75) is 32.2 Å². The lowest BCUT2D eigenvalue weighted by Gasteiger charge is -2.08. The number of halogens is 1. The van der Waals surface area contributed by atoms with Crippen molar-refractivity contribution in [2.24, 2.45) is 5.92 Å². The Morgan fingerprint density at radius 1 is 1.71 bits per heavy atom. The number of rotatable bonds is 5. The number of carbonyl (C=O) groups is 1. The maximum atomic E-state index is 11.1. The number of aromatic nitrogens is 1. The number of nitrogens with one attached hydrogen (secondary N) is 1. The van der Waals surface area contributed by atoms with Crippen molar-refractivity contribution >= 4 is 27.7 Å². The Kier molecular flexibility index (Phi) is 3.66. The predicted octanol–water partition coefficient (Wildman–Crippen LogP) is 3.14. The van der Waals surface area contributed by atoms with Crippen LogP contribution in [0.1, 0.15) is 36.5 Å². The average Bonchev–Trinajstić information content (AvgIpc) is 2.99. The number of nitrogens with zero attached hydrogens (tertiary/aromatic N) is 1. The molecule has 0 amide bonds. The van der Waals surface area contributed by atoms with Crippen molar-refractivity contribution in [1.82, 2.24) is 4.98 Å². The third-order valence-electron chi connectivity index (χ3n) is 2.99. The van der Waals surface area contributed by atoms with E-state index in [1.165, 1.54) is 12.8 Å². The Hall–Kier alpha value is -1.10. The molecule has 2 atom stereocenters. The summed E-state index contributed by atoms with van der Waals surface area (Å²) in [5.41, 5.74) is 0.224. The fourth-order valence-electron chi connectivity index (χ4n) is 2.01. The van der Waals surface area contributed by atoms with Gasteiger partial charge in [0, 0.05) is 16.7 Å². The summed E-state index contributed by atoms with van der Waals surface area (Å²) >= 11 is 3.23. The molecule has 5 heteroatoms. The van der Waals surface area contributed by atoms with Gasteiger partial charge < -0.3 is 10.4 Å². The summed E-state index contributed by atoms with van der Waals surface area (Å²) in [5.74, 6) is 0.199. The van der Waals surface area contributed by atoms with Gasteiger partial charge in [0.25, 0.3) is 0 Å². The second-order valence-electron chi connectivity index (χ2n) is 4.39. The first-order chi connectivity index (χ1) is 8.11. The minimum absolute atomic E-state index is 0.224. The van der Waals surface area contributed by atoms with Gasteiger partial charge in [0.2, 0.25) is 0 Å². The molecule has 0 radical (unpaired) electrons. The Morgan fingerprint density at radius 3 is 3.12 bits per heavy atom. The number of carboxylic acid groups (broad SMARTS) is 1. The van der Waals surface area contributed by atoms with Crippen LogP contribution < -0.4 is 5.32 Å². The molecule has 1 fully saturated rings. The molecule has 0 bridgehead atoms. The maximum absolute atomic E-state index is 11.1. The van der Waals surface area contributed by atoms with Crippen molar-refractivity contribution in [3.8, 4) is 0 Å². The molecule has 2 unspecified atom stereocenters. The first-order valence-corrected chi connectivity index (χ1v) is 6.56. The molecule has 1 aromatic rings. The van der Waals surface area contributed by atoms with Gasteiger partial charge in [-0.1, -0.05) is 13.3 Å². The zero-order valence-corrected chi connectivity index (χ0v) is 11.2. The van der Waals surface area contributed by atoms with Crippen LogP contribution in [0.2, 0.25) is 0 Å². The van der Waals surface area contributed by atoms with Crippen LogP contribution in [0.3, 0.4) is 0 Å². The van der Waals surface area contributed by atoms with E-state index < -0.39 is 5.97 Å². The summed E-state index contributed by atoms with van der Waals surface area (Å²) in [7, 11) is 0. The van der Waals surface area contributed by atoms with Gasteiger partial charge in [0.15, 0.2) is 0 Å². The summed E-state index contributed by atoms with van der Waals surface area (Å²) in [4.78, 5) is 15.2. The van der Waals surface area contributed by atoms with E-state index in [0.29, 0.717) is 22.3 Å². The van der Waals surface area contributed by atoms with Crippen LogP contribution in [0.15, 0.2) is 16.7 Å². The molecule has 1 aliphatic rings. The quantitative estimate of drug-likeness (QED) is 0.876. The Morgan fingerprint density at radius 2 is 2.47 bits per heavy atom. The molecule has 0 spiro atoms.